The molecule has 2 fully saturated rings. The number of aromatic nitrogens is 3. The molecule has 0 N–H and O–H groups in total. The van der Waals surface area contributed by atoms with Crippen LogP contribution in [0.4, 0.5) is 13.2 Å². The predicted octanol–water partition coefficient (Wildman–Crippen LogP) is 4.47. The lowest BCUT2D eigenvalue weighted by Crippen LogP contribution is -2.37. The van der Waals surface area contributed by atoms with Gasteiger partial charge in [0.25, 0.3) is 0 Å². The summed E-state index contributed by atoms with van der Waals surface area (Å²) >= 11 is 0. The number of hydrogen-bond donors (Lipinski definition) is 0. The van der Waals surface area contributed by atoms with E-state index in [2.05, 4.69) is 15.1 Å². The van der Waals surface area contributed by atoms with Gasteiger partial charge in [0, 0.05) is 19.2 Å². The lowest BCUT2D eigenvalue weighted by Gasteiger charge is -2.39. The van der Waals surface area contributed by atoms with Crippen molar-refractivity contribution in [3.8, 4) is 0 Å². The van der Waals surface area contributed by atoms with Crippen molar-refractivity contribution in [1.29, 1.82) is 0 Å². The average molecular weight is 442 g/mol. The minimum absolute atomic E-state index is 0.0170. The van der Waals surface area contributed by atoms with Gasteiger partial charge in [-0.3, -0.25) is 9.78 Å². The lowest BCUT2D eigenvalue weighted by atomic mass is 9.63. The monoisotopic (exact) mass is 442 g/mol. The average Bonchev–Trinajstić information content (AvgIpc) is 3.35. The number of hydrogen-bond acceptors (Lipinski definition) is 5. The van der Waals surface area contributed by atoms with E-state index >= 15 is 0 Å². The Hall–Kier alpha value is -3.23. The number of carbonyl (C=O) groups excluding carboxylic acids is 1. The van der Waals surface area contributed by atoms with Gasteiger partial charge < -0.3 is 9.42 Å². The normalized spacial score (nSPS) is 20.4. The van der Waals surface area contributed by atoms with Crippen molar-refractivity contribution in [1.82, 2.24) is 20.0 Å². The molecule has 1 aliphatic carbocycles. The molecular formula is C23H21F3N4O2. The van der Waals surface area contributed by atoms with Gasteiger partial charge >= 0.3 is 6.18 Å². The molecule has 2 aliphatic rings. The minimum Gasteiger partial charge on any atom is -0.339 e. The van der Waals surface area contributed by atoms with Crippen molar-refractivity contribution in [3.05, 3.63) is 77.2 Å². The Morgan fingerprint density at radius 1 is 1.16 bits per heavy atom. The number of halogens is 3. The van der Waals surface area contributed by atoms with Crippen LogP contribution in [0.3, 0.4) is 0 Å². The molecule has 32 heavy (non-hydrogen) atoms. The molecule has 0 radical (unpaired) electrons. The zero-order valence-corrected chi connectivity index (χ0v) is 17.2. The predicted molar refractivity (Wildman–Crippen MR) is 107 cm³/mol. The van der Waals surface area contributed by atoms with Crippen molar-refractivity contribution in [3.63, 3.8) is 0 Å². The van der Waals surface area contributed by atoms with Crippen LogP contribution < -0.4 is 0 Å². The van der Waals surface area contributed by atoms with Gasteiger partial charge in [0.15, 0.2) is 5.82 Å². The van der Waals surface area contributed by atoms with E-state index in [1.54, 1.807) is 17.2 Å². The molecule has 0 bridgehead atoms. The summed E-state index contributed by atoms with van der Waals surface area (Å²) < 4.78 is 45.2. The van der Waals surface area contributed by atoms with Gasteiger partial charge in [0.05, 0.1) is 29.1 Å². The van der Waals surface area contributed by atoms with Gasteiger partial charge in [0.2, 0.25) is 11.8 Å². The lowest BCUT2D eigenvalue weighted by molar-refractivity contribution is -0.137. The van der Waals surface area contributed by atoms with E-state index < -0.39 is 17.2 Å². The molecule has 3 heterocycles. The zero-order valence-electron chi connectivity index (χ0n) is 17.2. The van der Waals surface area contributed by atoms with Crippen LogP contribution in [0.25, 0.3) is 0 Å². The smallest absolute Gasteiger partial charge is 0.339 e. The van der Waals surface area contributed by atoms with E-state index in [1.807, 2.05) is 18.2 Å². The van der Waals surface area contributed by atoms with Crippen LogP contribution in [-0.2, 0) is 22.9 Å². The maximum atomic E-state index is 13.2. The number of benzene rings is 1. The molecule has 1 aliphatic heterocycles. The summed E-state index contributed by atoms with van der Waals surface area (Å²) in [4.78, 5) is 23.0. The summed E-state index contributed by atoms with van der Waals surface area (Å²) in [6.07, 6.45) is -0.287. The van der Waals surface area contributed by atoms with Gasteiger partial charge in [-0.15, -0.1) is 0 Å². The van der Waals surface area contributed by atoms with Crippen molar-refractivity contribution in [2.24, 2.45) is 0 Å². The highest BCUT2D eigenvalue weighted by Gasteiger charge is 2.46. The highest BCUT2D eigenvalue weighted by Crippen LogP contribution is 2.49. The first-order chi connectivity index (χ1) is 15.3. The van der Waals surface area contributed by atoms with E-state index in [1.165, 1.54) is 12.1 Å². The molecule has 1 aromatic carbocycles. The van der Waals surface area contributed by atoms with Crippen LogP contribution in [0.15, 0.2) is 53.2 Å². The molecule has 2 aromatic heterocycles. The second kappa shape index (κ2) is 7.72. The fourth-order valence-corrected chi connectivity index (χ4v) is 4.54. The van der Waals surface area contributed by atoms with E-state index in [4.69, 9.17) is 4.52 Å². The van der Waals surface area contributed by atoms with Crippen molar-refractivity contribution in [2.75, 3.05) is 6.54 Å². The van der Waals surface area contributed by atoms with Gasteiger partial charge in [-0.05, 0) is 36.6 Å². The third-order valence-electron chi connectivity index (χ3n) is 6.46. The summed E-state index contributed by atoms with van der Waals surface area (Å²) in [6.45, 7) is 0.846. The molecule has 9 heteroatoms. The largest absolute Gasteiger partial charge is 0.416 e. The van der Waals surface area contributed by atoms with Gasteiger partial charge in [-0.2, -0.15) is 18.2 Å². The number of amides is 1. The summed E-state index contributed by atoms with van der Waals surface area (Å²) in [6, 6.07) is 10.9. The van der Waals surface area contributed by atoms with E-state index in [9.17, 15) is 18.0 Å². The Morgan fingerprint density at radius 3 is 2.69 bits per heavy atom. The molecule has 1 saturated heterocycles. The third-order valence-corrected chi connectivity index (χ3v) is 6.46. The maximum Gasteiger partial charge on any atom is 0.416 e. The second-order valence-electron chi connectivity index (χ2n) is 8.47. The quantitative estimate of drug-likeness (QED) is 0.583. The first-order valence-corrected chi connectivity index (χ1v) is 10.5. The molecule has 6 nitrogen and oxygen atoms in total. The van der Waals surface area contributed by atoms with E-state index in [0.29, 0.717) is 43.2 Å². The second-order valence-corrected chi connectivity index (χ2v) is 8.47. The molecule has 3 aromatic rings. The number of rotatable bonds is 5. The molecule has 1 atom stereocenters. The van der Waals surface area contributed by atoms with Gasteiger partial charge in [0.1, 0.15) is 0 Å². The Morgan fingerprint density at radius 2 is 2.00 bits per heavy atom. The number of nitrogens with zero attached hydrogens (tertiary/aromatic N) is 4. The van der Waals surface area contributed by atoms with Crippen LogP contribution in [-0.4, -0.2) is 32.5 Å². The van der Waals surface area contributed by atoms with Crippen LogP contribution in [0.5, 0.6) is 0 Å². The number of likely N-dealkylation sites (tertiary alicyclic amines) is 1. The van der Waals surface area contributed by atoms with Gasteiger partial charge in [-0.1, -0.05) is 35.8 Å². The SMILES string of the molecule is O=C1CC(c2nc(C3(c4cccc(C(F)(F)F)c4)CCC3)no2)CN1Cc1ccccn1. The van der Waals surface area contributed by atoms with Crippen molar-refractivity contribution < 1.29 is 22.5 Å². The van der Waals surface area contributed by atoms with Crippen LogP contribution in [0.1, 0.15) is 60.1 Å². The Kier molecular flexibility index (Phi) is 4.98. The van der Waals surface area contributed by atoms with Crippen LogP contribution in [0.2, 0.25) is 0 Å². The number of alkyl halides is 3. The summed E-state index contributed by atoms with van der Waals surface area (Å²) in [5.41, 5.74) is -0.0216. The van der Waals surface area contributed by atoms with E-state index in [-0.39, 0.29) is 18.2 Å². The summed E-state index contributed by atoms with van der Waals surface area (Å²) in [7, 11) is 0. The van der Waals surface area contributed by atoms with Crippen LogP contribution in [0, 0.1) is 0 Å². The third kappa shape index (κ3) is 3.65. The first kappa shape index (κ1) is 20.7. The highest BCUT2D eigenvalue weighted by atomic mass is 19.4. The van der Waals surface area contributed by atoms with Crippen LogP contribution >= 0.6 is 0 Å². The highest BCUT2D eigenvalue weighted by molar-refractivity contribution is 5.79. The number of carbonyl (C=O) groups is 1. The topological polar surface area (TPSA) is 72.1 Å². The maximum absolute atomic E-state index is 13.2. The minimum atomic E-state index is -4.41. The molecule has 1 amide bonds. The summed E-state index contributed by atoms with van der Waals surface area (Å²) in [5.74, 6) is 0.492. The van der Waals surface area contributed by atoms with Crippen molar-refractivity contribution in [2.45, 2.75) is 49.7 Å². The number of pyridine rings is 1. The molecule has 0 spiro atoms. The summed E-state index contributed by atoms with van der Waals surface area (Å²) in [5, 5.41) is 4.15. The Balaban J connectivity index is 1.37. The zero-order chi connectivity index (χ0) is 22.3. The molecule has 5 rings (SSSR count). The standard InChI is InChI=1S/C23H21F3N4O2/c24-23(25,26)17-6-3-5-16(12-17)22(8-4-9-22)21-28-20(32-29-21)15-11-19(31)30(13-15)14-18-7-1-2-10-27-18/h1-3,5-7,10,12,15H,4,8-9,11,13-14H2. The van der Waals surface area contributed by atoms with E-state index in [0.717, 1.165) is 18.2 Å². The fourth-order valence-electron chi connectivity index (χ4n) is 4.54. The molecule has 1 saturated carbocycles. The first-order valence-electron chi connectivity index (χ1n) is 10.5. The molecular weight excluding hydrogens is 421 g/mol. The fraction of sp³-hybridized carbons (Fsp3) is 0.391. The van der Waals surface area contributed by atoms with Crippen molar-refractivity contribution >= 4 is 5.91 Å². The van der Waals surface area contributed by atoms with Gasteiger partial charge in [-0.25, -0.2) is 0 Å². The Labute approximate surface area is 182 Å². The Bertz CT molecular complexity index is 1130. The molecule has 166 valence electrons. The molecule has 1 unspecified atom stereocenters.